The number of rotatable bonds is 13. The van der Waals surface area contributed by atoms with Gasteiger partial charge in [-0.05, 0) is 36.5 Å². The van der Waals surface area contributed by atoms with Gasteiger partial charge in [-0.2, -0.15) is 52.3 Å². The van der Waals surface area contributed by atoms with Crippen LogP contribution in [0.4, 0.5) is 52.7 Å². The number of ether oxygens (including phenoxy) is 1. The van der Waals surface area contributed by atoms with E-state index in [4.69, 9.17) is 4.55 Å². The summed E-state index contributed by atoms with van der Waals surface area (Å²) >= 11 is 0. The Morgan fingerprint density at radius 3 is 1.76 bits per heavy atom. The second-order valence-corrected chi connectivity index (χ2v) is 9.67. The summed E-state index contributed by atoms with van der Waals surface area (Å²) in [6.07, 6.45) is -5.68. The van der Waals surface area contributed by atoms with Crippen molar-refractivity contribution in [2.24, 2.45) is 5.92 Å². The quantitative estimate of drug-likeness (QED) is 0.160. The molecule has 0 aromatic heterocycles. The molecule has 1 N–H and O–H groups in total. The summed E-state index contributed by atoms with van der Waals surface area (Å²) in [4.78, 5) is 11.5. The Kier molecular flexibility index (Phi) is 9.86. The molecule has 1 rings (SSSR count). The largest absolute Gasteiger partial charge is 0.459 e. The smallest absolute Gasteiger partial charge is 0.384 e. The predicted octanol–water partition coefficient (Wildman–Crippen LogP) is 6.44. The molecule has 1 aromatic rings. The van der Waals surface area contributed by atoms with Gasteiger partial charge in [0.1, 0.15) is 0 Å². The maximum atomic E-state index is 13.8. The fourth-order valence-corrected chi connectivity index (χ4v) is 3.62. The molecule has 0 bridgehead atoms. The highest BCUT2D eigenvalue weighted by Crippen LogP contribution is 2.58. The molecule has 0 saturated carbocycles. The SMILES string of the molecule is CCC(CC(C)C(=O)OCC(F)(F)C(F)(F)C(F)(F)C(F)(F)C(F)(F)C(F)F)c1ccc(S(=O)(=O)O)cc1. The van der Waals surface area contributed by atoms with Crippen LogP contribution in [0.3, 0.4) is 0 Å². The summed E-state index contributed by atoms with van der Waals surface area (Å²) in [5.74, 6) is -40.1. The first-order valence-corrected chi connectivity index (χ1v) is 11.7. The van der Waals surface area contributed by atoms with Crippen molar-refractivity contribution in [2.45, 2.75) is 73.5 Å². The van der Waals surface area contributed by atoms with E-state index in [1.807, 2.05) is 0 Å². The standard InChI is InChI=1S/C20H20F12O5S/c1-3-11(12-4-6-13(7-5-12)38(34,35)36)8-10(2)14(33)37-9-16(23,24)18(27,28)20(31,32)19(29,30)17(25,26)15(21)22/h4-7,10-11,15H,3,8-9H2,1-2H3,(H,34,35,36). The van der Waals surface area contributed by atoms with Crippen LogP contribution in [0.1, 0.15) is 38.2 Å². The number of hydrogen-bond donors (Lipinski definition) is 1. The minimum atomic E-state index is -7.72. The summed E-state index contributed by atoms with van der Waals surface area (Å²) in [6, 6.07) is 4.43. The van der Waals surface area contributed by atoms with E-state index >= 15 is 0 Å². The molecule has 0 aliphatic carbocycles. The monoisotopic (exact) mass is 600 g/mol. The fourth-order valence-electron chi connectivity index (χ4n) is 3.14. The molecule has 2 atom stereocenters. The molecule has 0 aliphatic heterocycles. The molecule has 0 aliphatic rings. The van der Waals surface area contributed by atoms with Crippen LogP contribution in [0, 0.1) is 5.92 Å². The molecule has 2 unspecified atom stereocenters. The highest BCUT2D eigenvalue weighted by molar-refractivity contribution is 7.85. The third kappa shape index (κ3) is 6.31. The van der Waals surface area contributed by atoms with Gasteiger partial charge in [0, 0.05) is 0 Å². The van der Waals surface area contributed by atoms with E-state index in [0.29, 0.717) is 5.56 Å². The van der Waals surface area contributed by atoms with Gasteiger partial charge in [0.15, 0.2) is 6.61 Å². The second kappa shape index (κ2) is 11.1. The maximum absolute atomic E-state index is 13.8. The Hall–Kier alpha value is -2.24. The first-order valence-electron chi connectivity index (χ1n) is 10.3. The van der Waals surface area contributed by atoms with E-state index in [-0.39, 0.29) is 12.8 Å². The van der Waals surface area contributed by atoms with Crippen molar-refractivity contribution >= 4 is 16.1 Å². The molecule has 5 nitrogen and oxygen atoms in total. The molecule has 0 amide bonds. The first kappa shape index (κ1) is 33.8. The van der Waals surface area contributed by atoms with Gasteiger partial charge >= 0.3 is 42.0 Å². The second-order valence-electron chi connectivity index (χ2n) is 8.25. The zero-order chi connectivity index (χ0) is 30.1. The van der Waals surface area contributed by atoms with Gasteiger partial charge in [0.2, 0.25) is 0 Å². The van der Waals surface area contributed by atoms with Crippen LogP contribution in [0.2, 0.25) is 0 Å². The van der Waals surface area contributed by atoms with Crippen molar-refractivity contribution < 1.29 is 75.2 Å². The van der Waals surface area contributed by atoms with Crippen molar-refractivity contribution in [3.8, 4) is 0 Å². The lowest BCUT2D eigenvalue weighted by Crippen LogP contribution is -2.69. The summed E-state index contributed by atoms with van der Waals surface area (Å²) in [6.45, 7) is -0.416. The van der Waals surface area contributed by atoms with Crippen LogP contribution in [0.15, 0.2) is 29.2 Å². The average molecular weight is 600 g/mol. The number of alkyl halides is 12. The lowest BCUT2D eigenvalue weighted by atomic mass is 9.87. The van der Waals surface area contributed by atoms with Gasteiger partial charge in [0.25, 0.3) is 10.1 Å². The van der Waals surface area contributed by atoms with Crippen LogP contribution in [0.5, 0.6) is 0 Å². The van der Waals surface area contributed by atoms with E-state index in [1.54, 1.807) is 6.92 Å². The maximum Gasteiger partial charge on any atom is 0.384 e. The number of esters is 1. The lowest BCUT2D eigenvalue weighted by molar-refractivity contribution is -0.414. The molecule has 0 heterocycles. The third-order valence-electron chi connectivity index (χ3n) is 5.52. The minimum absolute atomic E-state index is 0.219. The molecule has 1 aromatic carbocycles. The van der Waals surface area contributed by atoms with Crippen LogP contribution < -0.4 is 0 Å². The summed E-state index contributed by atoms with van der Waals surface area (Å²) in [7, 11) is -4.54. The van der Waals surface area contributed by atoms with Crippen LogP contribution in [-0.4, -0.2) is 61.6 Å². The molecule has 0 fully saturated rings. The Morgan fingerprint density at radius 1 is 0.895 bits per heavy atom. The summed E-state index contributed by atoms with van der Waals surface area (Å²) < 4.78 is 194. The molecule has 220 valence electrons. The van der Waals surface area contributed by atoms with Gasteiger partial charge in [0.05, 0.1) is 10.8 Å². The van der Waals surface area contributed by atoms with E-state index in [1.165, 1.54) is 12.1 Å². The van der Waals surface area contributed by atoms with E-state index in [9.17, 15) is 65.9 Å². The summed E-state index contributed by atoms with van der Waals surface area (Å²) in [5.41, 5.74) is 0.359. The highest BCUT2D eigenvalue weighted by Gasteiger charge is 2.87. The molecule has 0 radical (unpaired) electrons. The Bertz CT molecular complexity index is 1070. The van der Waals surface area contributed by atoms with E-state index in [2.05, 4.69) is 4.74 Å². The van der Waals surface area contributed by atoms with Gasteiger partial charge < -0.3 is 4.74 Å². The lowest BCUT2D eigenvalue weighted by Gasteiger charge is -2.38. The number of carbonyl (C=O) groups is 1. The predicted molar refractivity (Wildman–Crippen MR) is 105 cm³/mol. The Balaban J connectivity index is 3.03. The van der Waals surface area contributed by atoms with Crippen molar-refractivity contribution in [2.75, 3.05) is 6.61 Å². The Morgan fingerprint density at radius 2 is 1.37 bits per heavy atom. The normalized spacial score (nSPS) is 15.9. The van der Waals surface area contributed by atoms with Crippen molar-refractivity contribution in [1.29, 1.82) is 0 Å². The molecule has 0 spiro atoms. The van der Waals surface area contributed by atoms with Crippen molar-refractivity contribution in [1.82, 2.24) is 0 Å². The van der Waals surface area contributed by atoms with Crippen LogP contribution in [0.25, 0.3) is 0 Å². The zero-order valence-corrected chi connectivity index (χ0v) is 20.0. The van der Waals surface area contributed by atoms with Crippen LogP contribution >= 0.6 is 0 Å². The number of carbonyl (C=O) groups excluding carboxylic acids is 1. The molecular formula is C20H20F12O5S. The van der Waals surface area contributed by atoms with Crippen LogP contribution in [-0.2, 0) is 19.6 Å². The van der Waals surface area contributed by atoms with Gasteiger partial charge in [-0.25, -0.2) is 8.78 Å². The number of hydrogen-bond acceptors (Lipinski definition) is 4. The molecule has 18 heteroatoms. The molecular weight excluding hydrogens is 580 g/mol. The van der Waals surface area contributed by atoms with E-state index in [0.717, 1.165) is 19.1 Å². The van der Waals surface area contributed by atoms with E-state index < -0.39 is 75.5 Å². The highest BCUT2D eigenvalue weighted by atomic mass is 32.2. The third-order valence-corrected chi connectivity index (χ3v) is 6.39. The molecule has 38 heavy (non-hydrogen) atoms. The topological polar surface area (TPSA) is 80.7 Å². The Labute approximate surface area is 207 Å². The zero-order valence-electron chi connectivity index (χ0n) is 19.2. The first-order chi connectivity index (χ1) is 16.9. The van der Waals surface area contributed by atoms with Crippen molar-refractivity contribution in [3.05, 3.63) is 29.8 Å². The summed E-state index contributed by atoms with van der Waals surface area (Å²) in [5, 5.41) is 0. The number of halogens is 12. The van der Waals surface area contributed by atoms with Gasteiger partial charge in [-0.1, -0.05) is 26.0 Å². The van der Waals surface area contributed by atoms with Gasteiger partial charge in [-0.3, -0.25) is 9.35 Å². The number of benzene rings is 1. The molecule has 0 saturated heterocycles. The van der Waals surface area contributed by atoms with Gasteiger partial charge in [-0.15, -0.1) is 0 Å². The average Bonchev–Trinajstić information content (AvgIpc) is 2.79. The minimum Gasteiger partial charge on any atom is -0.459 e. The fraction of sp³-hybridized carbons (Fsp3) is 0.650. The van der Waals surface area contributed by atoms with Crippen molar-refractivity contribution in [3.63, 3.8) is 0 Å².